The van der Waals surface area contributed by atoms with E-state index in [1.165, 1.54) is 26.6 Å². The van der Waals surface area contributed by atoms with E-state index in [9.17, 15) is 9.59 Å². The molecule has 138 valence electrons. The van der Waals surface area contributed by atoms with E-state index >= 15 is 0 Å². The summed E-state index contributed by atoms with van der Waals surface area (Å²) in [4.78, 5) is 29.7. The van der Waals surface area contributed by atoms with Crippen LogP contribution in [0.1, 0.15) is 54.6 Å². The highest BCUT2D eigenvalue weighted by atomic mass is 16.5. The lowest BCUT2D eigenvalue weighted by Gasteiger charge is -1.98. The Hall–Kier alpha value is -3.16. The zero-order chi connectivity index (χ0) is 19.4. The summed E-state index contributed by atoms with van der Waals surface area (Å²) in [7, 11) is 2.69. The highest BCUT2D eigenvalue weighted by Gasteiger charge is 2.18. The molecule has 0 bridgehead atoms. The normalized spacial score (nSPS) is 11.5. The molecule has 0 saturated heterocycles. The molecule has 0 fully saturated rings. The summed E-state index contributed by atoms with van der Waals surface area (Å²) < 4.78 is 9.55. The predicted molar refractivity (Wildman–Crippen MR) is 98.4 cm³/mol. The average molecular weight is 358 g/mol. The highest BCUT2D eigenvalue weighted by molar-refractivity contribution is 5.97. The number of rotatable bonds is 5. The van der Waals surface area contributed by atoms with E-state index in [1.54, 1.807) is 13.8 Å². The molecule has 0 aromatic carbocycles. The molecule has 0 radical (unpaired) electrons. The van der Waals surface area contributed by atoms with Crippen molar-refractivity contribution in [1.29, 1.82) is 0 Å². The van der Waals surface area contributed by atoms with Crippen LogP contribution in [0.25, 0.3) is 0 Å². The Kier molecular flexibility index (Phi) is 5.76. The molecule has 2 heterocycles. The summed E-state index contributed by atoms with van der Waals surface area (Å²) in [6, 6.07) is 0. The van der Waals surface area contributed by atoms with Crippen LogP contribution in [-0.2, 0) is 9.47 Å². The maximum absolute atomic E-state index is 11.8. The van der Waals surface area contributed by atoms with Gasteiger partial charge in [-0.3, -0.25) is 0 Å². The third kappa shape index (κ3) is 3.58. The lowest BCUT2D eigenvalue weighted by molar-refractivity contribution is 0.0590. The molecule has 8 heteroatoms. The SMILES string of the molecule is COC(=O)c1c(C)[nH]c(/C=N/N=C/c2[nH]c(C)c(C(=O)OC)c2C)c1C. The number of methoxy groups -OCH3 is 2. The van der Waals surface area contributed by atoms with Crippen molar-refractivity contribution in [2.45, 2.75) is 27.7 Å². The highest BCUT2D eigenvalue weighted by Crippen LogP contribution is 2.18. The molecular formula is C18H22N4O4. The van der Waals surface area contributed by atoms with Gasteiger partial charge in [0.25, 0.3) is 0 Å². The minimum atomic E-state index is -0.396. The molecule has 8 nitrogen and oxygen atoms in total. The Morgan fingerprint density at radius 1 is 0.769 bits per heavy atom. The number of carbonyl (C=O) groups is 2. The van der Waals surface area contributed by atoms with Crippen molar-refractivity contribution in [3.8, 4) is 0 Å². The molecule has 0 unspecified atom stereocenters. The van der Waals surface area contributed by atoms with Gasteiger partial charge in [-0.1, -0.05) is 0 Å². The van der Waals surface area contributed by atoms with Crippen molar-refractivity contribution in [3.63, 3.8) is 0 Å². The average Bonchev–Trinajstić information content (AvgIpc) is 3.05. The molecular weight excluding hydrogens is 336 g/mol. The largest absolute Gasteiger partial charge is 0.465 e. The van der Waals surface area contributed by atoms with Crippen LogP contribution in [0, 0.1) is 27.7 Å². The Bertz CT molecular complexity index is 829. The predicted octanol–water partition coefficient (Wildman–Crippen LogP) is 2.60. The fraction of sp³-hybridized carbons (Fsp3) is 0.333. The van der Waals surface area contributed by atoms with E-state index in [-0.39, 0.29) is 0 Å². The summed E-state index contributed by atoms with van der Waals surface area (Å²) >= 11 is 0. The van der Waals surface area contributed by atoms with Gasteiger partial charge in [0.1, 0.15) is 0 Å². The van der Waals surface area contributed by atoms with Crippen LogP contribution in [0.2, 0.25) is 0 Å². The second-order valence-electron chi connectivity index (χ2n) is 5.80. The molecule has 0 saturated carbocycles. The number of nitrogens with one attached hydrogen (secondary N) is 2. The van der Waals surface area contributed by atoms with Gasteiger partial charge < -0.3 is 19.4 Å². The molecule has 0 amide bonds. The smallest absolute Gasteiger partial charge is 0.339 e. The Labute approximate surface area is 151 Å². The molecule has 0 aliphatic heterocycles. The third-order valence-corrected chi connectivity index (χ3v) is 4.17. The van der Waals surface area contributed by atoms with Crippen LogP contribution in [0.3, 0.4) is 0 Å². The van der Waals surface area contributed by atoms with Crippen LogP contribution in [0.5, 0.6) is 0 Å². The topological polar surface area (TPSA) is 109 Å². The quantitative estimate of drug-likeness (QED) is 0.486. The summed E-state index contributed by atoms with van der Waals surface area (Å²) in [5, 5.41) is 8.01. The van der Waals surface area contributed by atoms with Gasteiger partial charge >= 0.3 is 11.9 Å². The minimum absolute atomic E-state index is 0.396. The fourth-order valence-electron chi connectivity index (χ4n) is 2.81. The first-order valence-corrected chi connectivity index (χ1v) is 7.93. The molecule has 0 spiro atoms. The zero-order valence-electron chi connectivity index (χ0n) is 15.7. The van der Waals surface area contributed by atoms with Crippen LogP contribution in [0.15, 0.2) is 10.2 Å². The van der Waals surface area contributed by atoms with Crippen molar-refractivity contribution < 1.29 is 19.1 Å². The van der Waals surface area contributed by atoms with E-state index in [0.29, 0.717) is 33.9 Å². The van der Waals surface area contributed by atoms with Gasteiger partial charge in [-0.05, 0) is 38.8 Å². The van der Waals surface area contributed by atoms with E-state index < -0.39 is 11.9 Å². The van der Waals surface area contributed by atoms with E-state index in [2.05, 4.69) is 20.2 Å². The Morgan fingerprint density at radius 3 is 1.42 bits per heavy atom. The van der Waals surface area contributed by atoms with Gasteiger partial charge in [-0.2, -0.15) is 10.2 Å². The standard InChI is InChI=1S/C18H22N4O4/c1-9-13(21-11(3)15(9)17(23)25-5)7-19-20-8-14-10(2)16(12(4)22-14)18(24)26-6/h7-8,21-22H,1-6H3/b19-7+,20-8+. The van der Waals surface area contributed by atoms with Gasteiger partial charge in [0.2, 0.25) is 0 Å². The number of H-pyrrole nitrogens is 2. The number of ether oxygens (including phenoxy) is 2. The lowest BCUT2D eigenvalue weighted by atomic mass is 10.1. The minimum Gasteiger partial charge on any atom is -0.465 e. The Morgan fingerprint density at radius 2 is 1.12 bits per heavy atom. The lowest BCUT2D eigenvalue weighted by Crippen LogP contribution is -2.03. The molecule has 0 atom stereocenters. The van der Waals surface area contributed by atoms with Crippen molar-refractivity contribution in [2.24, 2.45) is 10.2 Å². The van der Waals surface area contributed by atoms with Crippen LogP contribution in [-0.4, -0.2) is 48.6 Å². The number of carbonyl (C=O) groups excluding carboxylic acids is 2. The van der Waals surface area contributed by atoms with Crippen LogP contribution < -0.4 is 0 Å². The van der Waals surface area contributed by atoms with Gasteiger partial charge in [0.15, 0.2) is 0 Å². The number of aryl methyl sites for hydroxylation is 2. The summed E-state index contributed by atoms with van der Waals surface area (Å²) in [5.41, 5.74) is 5.25. The number of esters is 2. The van der Waals surface area contributed by atoms with Crippen molar-refractivity contribution in [2.75, 3.05) is 14.2 Å². The molecule has 0 aliphatic rings. The molecule has 2 aromatic rings. The number of hydrogen-bond acceptors (Lipinski definition) is 6. The van der Waals surface area contributed by atoms with Gasteiger partial charge in [0, 0.05) is 11.4 Å². The monoisotopic (exact) mass is 358 g/mol. The molecule has 2 N–H and O–H groups in total. The number of hydrogen-bond donors (Lipinski definition) is 2. The first-order chi connectivity index (χ1) is 12.3. The second kappa shape index (κ2) is 7.81. The van der Waals surface area contributed by atoms with Crippen LogP contribution in [0.4, 0.5) is 0 Å². The zero-order valence-corrected chi connectivity index (χ0v) is 15.7. The summed E-state index contributed by atoms with van der Waals surface area (Å²) in [5.74, 6) is -0.792. The van der Waals surface area contributed by atoms with Gasteiger partial charge in [0.05, 0.1) is 49.2 Å². The van der Waals surface area contributed by atoms with Gasteiger partial charge in [-0.25, -0.2) is 9.59 Å². The van der Waals surface area contributed by atoms with E-state index in [1.807, 2.05) is 13.8 Å². The van der Waals surface area contributed by atoms with Crippen molar-refractivity contribution in [1.82, 2.24) is 9.97 Å². The first kappa shape index (κ1) is 19.2. The third-order valence-electron chi connectivity index (χ3n) is 4.17. The first-order valence-electron chi connectivity index (χ1n) is 7.93. The van der Waals surface area contributed by atoms with Crippen molar-refractivity contribution >= 4 is 24.4 Å². The maximum atomic E-state index is 11.8. The van der Waals surface area contributed by atoms with E-state index in [0.717, 1.165) is 11.1 Å². The second-order valence-corrected chi connectivity index (χ2v) is 5.80. The molecule has 0 aliphatic carbocycles. The maximum Gasteiger partial charge on any atom is 0.339 e. The molecule has 2 rings (SSSR count). The summed E-state index contributed by atoms with van der Waals surface area (Å²) in [6.45, 7) is 7.20. The number of aromatic amines is 2. The van der Waals surface area contributed by atoms with Gasteiger partial charge in [-0.15, -0.1) is 0 Å². The number of aromatic nitrogens is 2. The number of nitrogens with zero attached hydrogens (tertiary/aromatic N) is 2. The Balaban J connectivity index is 2.22. The van der Waals surface area contributed by atoms with Crippen LogP contribution >= 0.6 is 0 Å². The van der Waals surface area contributed by atoms with Crippen molar-refractivity contribution in [3.05, 3.63) is 45.0 Å². The molecule has 26 heavy (non-hydrogen) atoms. The molecule has 2 aromatic heterocycles. The summed E-state index contributed by atoms with van der Waals surface area (Å²) in [6.07, 6.45) is 3.05. The van der Waals surface area contributed by atoms with E-state index in [4.69, 9.17) is 9.47 Å². The fourth-order valence-corrected chi connectivity index (χ4v) is 2.81.